The molecule has 1 saturated carbocycles. The zero-order chi connectivity index (χ0) is 22.5. The monoisotopic (exact) mass is 447 g/mol. The molecule has 33 heavy (non-hydrogen) atoms. The van der Waals surface area contributed by atoms with E-state index in [-0.39, 0.29) is 5.92 Å². The Bertz CT molecular complexity index is 1060. The van der Waals surface area contributed by atoms with Crippen molar-refractivity contribution < 1.29 is 9.53 Å². The van der Waals surface area contributed by atoms with Crippen LogP contribution in [0.25, 0.3) is 11.2 Å². The number of benzene rings is 1. The number of amides is 1. The Labute approximate surface area is 195 Å². The smallest absolute Gasteiger partial charge is 0.222 e. The van der Waals surface area contributed by atoms with Crippen molar-refractivity contribution in [1.29, 1.82) is 0 Å². The lowest BCUT2D eigenvalue weighted by molar-refractivity contribution is -0.133. The summed E-state index contributed by atoms with van der Waals surface area (Å²) in [7, 11) is 0. The van der Waals surface area contributed by atoms with E-state index in [9.17, 15) is 4.79 Å². The number of ether oxygens (including phenoxy) is 1. The first kappa shape index (κ1) is 21.9. The minimum absolute atomic E-state index is 0.199. The summed E-state index contributed by atoms with van der Waals surface area (Å²) in [6, 6.07) is 9.81. The van der Waals surface area contributed by atoms with Gasteiger partial charge in [-0.05, 0) is 43.7 Å². The average Bonchev–Trinajstić information content (AvgIpc) is 3.24. The molecule has 1 amide bonds. The summed E-state index contributed by atoms with van der Waals surface area (Å²) in [6.45, 7) is 2.70. The van der Waals surface area contributed by atoms with Crippen LogP contribution in [-0.4, -0.2) is 50.3 Å². The zero-order valence-electron chi connectivity index (χ0n) is 19.2. The number of fused-ring (bicyclic) bond motifs is 1. The molecule has 0 spiro atoms. The summed E-state index contributed by atoms with van der Waals surface area (Å²) in [4.78, 5) is 24.3. The highest BCUT2D eigenvalue weighted by Gasteiger charge is 2.30. The van der Waals surface area contributed by atoms with Gasteiger partial charge in [0.1, 0.15) is 17.9 Å². The Morgan fingerprint density at radius 1 is 1.00 bits per heavy atom. The van der Waals surface area contributed by atoms with E-state index in [0.29, 0.717) is 31.4 Å². The minimum Gasteiger partial charge on any atom is -0.492 e. The first-order valence-corrected chi connectivity index (χ1v) is 12.4. The van der Waals surface area contributed by atoms with Crippen molar-refractivity contribution in [2.45, 2.75) is 63.8 Å². The molecule has 1 atom stereocenters. The SMILES string of the molecule is O=C(CC1CCCCC1)N1CCC[C@H](c2nn(CCOc3ccccc3)c3nccnc23)C1. The highest BCUT2D eigenvalue weighted by Crippen LogP contribution is 2.32. The van der Waals surface area contributed by atoms with Gasteiger partial charge in [-0.1, -0.05) is 37.5 Å². The van der Waals surface area contributed by atoms with Crippen LogP contribution in [0.15, 0.2) is 42.7 Å². The van der Waals surface area contributed by atoms with Crippen LogP contribution in [0.5, 0.6) is 5.75 Å². The summed E-state index contributed by atoms with van der Waals surface area (Å²) in [5.74, 6) is 1.93. The van der Waals surface area contributed by atoms with Gasteiger partial charge in [-0.2, -0.15) is 5.10 Å². The lowest BCUT2D eigenvalue weighted by Gasteiger charge is -2.33. The minimum atomic E-state index is 0.199. The van der Waals surface area contributed by atoms with E-state index in [0.717, 1.165) is 48.5 Å². The van der Waals surface area contributed by atoms with Crippen LogP contribution >= 0.6 is 0 Å². The second-order valence-corrected chi connectivity index (χ2v) is 9.39. The Balaban J connectivity index is 1.27. The van der Waals surface area contributed by atoms with Crippen molar-refractivity contribution in [3.05, 3.63) is 48.4 Å². The van der Waals surface area contributed by atoms with Crippen molar-refractivity contribution >= 4 is 17.1 Å². The van der Waals surface area contributed by atoms with Gasteiger partial charge >= 0.3 is 0 Å². The van der Waals surface area contributed by atoms with Gasteiger partial charge in [0, 0.05) is 37.8 Å². The summed E-state index contributed by atoms with van der Waals surface area (Å²) in [5.41, 5.74) is 2.60. The van der Waals surface area contributed by atoms with Crippen molar-refractivity contribution in [1.82, 2.24) is 24.6 Å². The molecule has 1 aromatic carbocycles. The van der Waals surface area contributed by atoms with Crippen molar-refractivity contribution in [2.24, 2.45) is 5.92 Å². The number of piperidine rings is 1. The third kappa shape index (κ3) is 5.18. The van der Waals surface area contributed by atoms with Crippen molar-refractivity contribution in [3.8, 4) is 5.75 Å². The van der Waals surface area contributed by atoms with Crippen LogP contribution < -0.4 is 4.74 Å². The first-order chi connectivity index (χ1) is 16.3. The van der Waals surface area contributed by atoms with Crippen LogP contribution in [0.4, 0.5) is 0 Å². The second-order valence-electron chi connectivity index (χ2n) is 9.39. The number of nitrogens with zero attached hydrogens (tertiary/aromatic N) is 5. The molecule has 0 N–H and O–H groups in total. The van der Waals surface area contributed by atoms with Crippen LogP contribution in [0.3, 0.4) is 0 Å². The van der Waals surface area contributed by atoms with Gasteiger partial charge in [-0.15, -0.1) is 0 Å². The normalized spacial score (nSPS) is 19.6. The Kier molecular flexibility index (Phi) is 6.84. The van der Waals surface area contributed by atoms with E-state index < -0.39 is 0 Å². The number of carbonyl (C=O) groups excluding carboxylic acids is 1. The molecule has 7 nitrogen and oxygen atoms in total. The van der Waals surface area contributed by atoms with E-state index in [1.165, 1.54) is 32.1 Å². The average molecular weight is 448 g/mol. The number of hydrogen-bond donors (Lipinski definition) is 0. The fraction of sp³-hybridized carbons (Fsp3) is 0.538. The maximum atomic E-state index is 13.0. The molecule has 2 fully saturated rings. The van der Waals surface area contributed by atoms with Gasteiger partial charge in [0.2, 0.25) is 5.91 Å². The first-order valence-electron chi connectivity index (χ1n) is 12.4. The summed E-state index contributed by atoms with van der Waals surface area (Å²) in [5, 5.41) is 4.93. The molecule has 0 unspecified atom stereocenters. The third-order valence-electron chi connectivity index (χ3n) is 7.06. The number of carbonyl (C=O) groups is 1. The third-order valence-corrected chi connectivity index (χ3v) is 7.06. The molecule has 2 aliphatic rings. The Hall–Kier alpha value is -2.96. The highest BCUT2D eigenvalue weighted by atomic mass is 16.5. The predicted molar refractivity (Wildman–Crippen MR) is 127 cm³/mol. The summed E-state index contributed by atoms with van der Waals surface area (Å²) >= 11 is 0. The number of aromatic nitrogens is 4. The van der Waals surface area contributed by atoms with E-state index in [1.54, 1.807) is 12.4 Å². The van der Waals surface area contributed by atoms with Gasteiger partial charge in [-0.3, -0.25) is 4.79 Å². The quantitative estimate of drug-likeness (QED) is 0.530. The molecule has 0 bridgehead atoms. The number of hydrogen-bond acceptors (Lipinski definition) is 5. The molecule has 1 saturated heterocycles. The maximum absolute atomic E-state index is 13.0. The van der Waals surface area contributed by atoms with Crippen molar-refractivity contribution in [2.75, 3.05) is 19.7 Å². The summed E-state index contributed by atoms with van der Waals surface area (Å²) in [6.07, 6.45) is 12.5. The Morgan fingerprint density at radius 2 is 1.82 bits per heavy atom. The molecule has 5 rings (SSSR count). The number of rotatable bonds is 7. The van der Waals surface area contributed by atoms with Gasteiger partial charge < -0.3 is 9.64 Å². The highest BCUT2D eigenvalue weighted by molar-refractivity contribution is 5.77. The van der Waals surface area contributed by atoms with Gasteiger partial charge in [0.15, 0.2) is 5.65 Å². The molecule has 7 heteroatoms. The van der Waals surface area contributed by atoms with E-state index in [1.807, 2.05) is 35.0 Å². The zero-order valence-corrected chi connectivity index (χ0v) is 19.2. The fourth-order valence-electron chi connectivity index (χ4n) is 5.32. The molecule has 2 aromatic heterocycles. The van der Waals surface area contributed by atoms with Gasteiger partial charge in [0.25, 0.3) is 0 Å². The van der Waals surface area contributed by atoms with E-state index >= 15 is 0 Å². The van der Waals surface area contributed by atoms with Crippen molar-refractivity contribution in [3.63, 3.8) is 0 Å². The van der Waals surface area contributed by atoms with Crippen LogP contribution in [0.2, 0.25) is 0 Å². The lowest BCUT2D eigenvalue weighted by Crippen LogP contribution is -2.40. The topological polar surface area (TPSA) is 73.1 Å². The van der Waals surface area contributed by atoms with E-state index in [4.69, 9.17) is 9.84 Å². The number of para-hydroxylation sites is 1. The molecule has 174 valence electrons. The Morgan fingerprint density at radius 3 is 2.67 bits per heavy atom. The molecule has 1 aliphatic heterocycles. The van der Waals surface area contributed by atoms with E-state index in [2.05, 4.69) is 14.9 Å². The molecule has 3 aromatic rings. The maximum Gasteiger partial charge on any atom is 0.222 e. The fourth-order valence-corrected chi connectivity index (χ4v) is 5.32. The standard InChI is InChI=1S/C26H33N5O2/c32-23(18-20-8-3-1-4-9-20)30-15-7-10-21(19-30)24-25-26(28-14-13-27-25)31(29-24)16-17-33-22-11-5-2-6-12-22/h2,5-6,11-14,20-21H,1,3-4,7-10,15-19H2/t21-/m0/s1. The van der Waals surface area contributed by atoms with Crippen LogP contribution in [-0.2, 0) is 11.3 Å². The summed E-state index contributed by atoms with van der Waals surface area (Å²) < 4.78 is 7.78. The van der Waals surface area contributed by atoms with Gasteiger partial charge in [0.05, 0.1) is 12.2 Å². The molecule has 0 radical (unpaired) electrons. The predicted octanol–water partition coefficient (Wildman–Crippen LogP) is 4.58. The molecule has 3 heterocycles. The lowest BCUT2D eigenvalue weighted by atomic mass is 9.86. The number of likely N-dealkylation sites (tertiary alicyclic amines) is 1. The van der Waals surface area contributed by atoms with Crippen LogP contribution in [0, 0.1) is 5.92 Å². The molecular weight excluding hydrogens is 414 g/mol. The molecule has 1 aliphatic carbocycles. The van der Waals surface area contributed by atoms with Crippen LogP contribution in [0.1, 0.15) is 63.0 Å². The van der Waals surface area contributed by atoms with Gasteiger partial charge in [-0.25, -0.2) is 14.6 Å². The molecular formula is C26H33N5O2. The largest absolute Gasteiger partial charge is 0.492 e. The second kappa shape index (κ2) is 10.3.